The summed E-state index contributed by atoms with van der Waals surface area (Å²) in [6, 6.07) is 0. The van der Waals surface area contributed by atoms with E-state index in [1.165, 1.54) is 25.7 Å². The molecule has 0 heterocycles. The fourth-order valence-corrected chi connectivity index (χ4v) is 2.30. The number of carboxylic acid groups (broad SMARTS) is 1. The van der Waals surface area contributed by atoms with Crippen molar-refractivity contribution in [2.75, 3.05) is 0 Å². The average molecular weight is 226 g/mol. The second kappa shape index (κ2) is 7.42. The van der Waals surface area contributed by atoms with E-state index >= 15 is 0 Å². The highest BCUT2D eigenvalue weighted by molar-refractivity contribution is 5.98. The molecule has 3 heteroatoms. The van der Waals surface area contributed by atoms with Crippen molar-refractivity contribution in [3.8, 4) is 0 Å². The van der Waals surface area contributed by atoms with Crippen molar-refractivity contribution >= 4 is 11.8 Å². The molecule has 1 atom stereocenters. The van der Waals surface area contributed by atoms with Gasteiger partial charge in [0, 0.05) is 6.42 Å². The van der Waals surface area contributed by atoms with E-state index in [9.17, 15) is 9.59 Å². The van der Waals surface area contributed by atoms with Gasteiger partial charge in [-0.2, -0.15) is 0 Å². The number of aliphatic carboxylic acids is 1. The van der Waals surface area contributed by atoms with E-state index < -0.39 is 11.9 Å². The largest absolute Gasteiger partial charge is 0.481 e. The SMILES string of the molecule is O=C(O)C1CCCCCCCCCCC1=O. The molecule has 3 nitrogen and oxygen atoms in total. The lowest BCUT2D eigenvalue weighted by Crippen LogP contribution is -2.23. The van der Waals surface area contributed by atoms with Crippen LogP contribution in [0.25, 0.3) is 0 Å². The Morgan fingerprint density at radius 2 is 1.44 bits per heavy atom. The van der Waals surface area contributed by atoms with Crippen molar-refractivity contribution in [1.29, 1.82) is 0 Å². The van der Waals surface area contributed by atoms with E-state index in [2.05, 4.69) is 0 Å². The van der Waals surface area contributed by atoms with Crippen LogP contribution < -0.4 is 0 Å². The minimum absolute atomic E-state index is 0.0620. The highest BCUT2D eigenvalue weighted by Crippen LogP contribution is 2.18. The number of carbonyl (C=O) groups is 2. The van der Waals surface area contributed by atoms with Gasteiger partial charge >= 0.3 is 5.97 Å². The highest BCUT2D eigenvalue weighted by atomic mass is 16.4. The first-order valence-corrected chi connectivity index (χ1v) is 6.47. The fraction of sp³-hybridized carbons (Fsp3) is 0.846. The smallest absolute Gasteiger partial charge is 0.314 e. The number of rotatable bonds is 1. The van der Waals surface area contributed by atoms with Gasteiger partial charge in [0.15, 0.2) is 0 Å². The van der Waals surface area contributed by atoms with Crippen molar-refractivity contribution in [1.82, 2.24) is 0 Å². The van der Waals surface area contributed by atoms with Crippen LogP contribution in [0.5, 0.6) is 0 Å². The van der Waals surface area contributed by atoms with Gasteiger partial charge in [-0.05, 0) is 12.8 Å². The molecular formula is C13H22O3. The molecule has 0 radical (unpaired) electrons. The minimum atomic E-state index is -0.929. The van der Waals surface area contributed by atoms with E-state index in [0.717, 1.165) is 25.7 Å². The summed E-state index contributed by atoms with van der Waals surface area (Å²) >= 11 is 0. The number of hydrogen-bond donors (Lipinski definition) is 1. The Kier molecular flexibility index (Phi) is 6.12. The quantitative estimate of drug-likeness (QED) is 0.699. The van der Waals surface area contributed by atoms with Gasteiger partial charge in [-0.1, -0.05) is 44.9 Å². The summed E-state index contributed by atoms with van der Waals surface area (Å²) in [5.74, 6) is -1.73. The van der Waals surface area contributed by atoms with Crippen LogP contribution in [-0.2, 0) is 9.59 Å². The van der Waals surface area contributed by atoms with Crippen LogP contribution in [0.4, 0.5) is 0 Å². The van der Waals surface area contributed by atoms with Crippen molar-refractivity contribution in [3.05, 3.63) is 0 Å². The highest BCUT2D eigenvalue weighted by Gasteiger charge is 2.24. The van der Waals surface area contributed by atoms with Crippen LogP contribution in [0.15, 0.2) is 0 Å². The molecule has 0 aromatic carbocycles. The summed E-state index contributed by atoms with van der Waals surface area (Å²) in [6.45, 7) is 0. The third-order valence-corrected chi connectivity index (χ3v) is 3.35. The molecule has 0 bridgehead atoms. The maximum atomic E-state index is 11.7. The number of carboxylic acids is 1. The number of hydrogen-bond acceptors (Lipinski definition) is 2. The molecule has 0 aliphatic heterocycles. The van der Waals surface area contributed by atoms with Crippen molar-refractivity contribution in [2.45, 2.75) is 64.2 Å². The Bertz CT molecular complexity index is 235. The zero-order valence-corrected chi connectivity index (χ0v) is 9.91. The molecule has 1 aliphatic rings. The van der Waals surface area contributed by atoms with E-state index in [-0.39, 0.29) is 5.78 Å². The molecule has 1 unspecified atom stereocenters. The Morgan fingerprint density at radius 1 is 0.938 bits per heavy atom. The maximum Gasteiger partial charge on any atom is 0.314 e. The lowest BCUT2D eigenvalue weighted by atomic mass is 9.92. The molecule has 1 N–H and O–H groups in total. The molecule has 0 amide bonds. The standard InChI is InChI=1S/C13H22O3/c14-12-10-8-6-4-2-1-3-5-7-9-11(12)13(15)16/h11H,1-10H2,(H,15,16). The zero-order chi connectivity index (χ0) is 11.8. The fourth-order valence-electron chi connectivity index (χ4n) is 2.30. The lowest BCUT2D eigenvalue weighted by molar-refractivity contribution is -0.146. The Hall–Kier alpha value is -0.860. The lowest BCUT2D eigenvalue weighted by Gasteiger charge is -2.12. The topological polar surface area (TPSA) is 54.4 Å². The number of carbonyl (C=O) groups excluding carboxylic acids is 1. The first kappa shape index (κ1) is 13.2. The molecular weight excluding hydrogens is 204 g/mol. The molecule has 1 saturated carbocycles. The van der Waals surface area contributed by atoms with Gasteiger partial charge in [0.05, 0.1) is 0 Å². The summed E-state index contributed by atoms with van der Waals surface area (Å²) in [5, 5.41) is 8.99. The minimum Gasteiger partial charge on any atom is -0.481 e. The van der Waals surface area contributed by atoms with Gasteiger partial charge < -0.3 is 5.11 Å². The summed E-state index contributed by atoms with van der Waals surface area (Å²) in [7, 11) is 0. The van der Waals surface area contributed by atoms with Gasteiger partial charge in [0.1, 0.15) is 11.7 Å². The molecule has 0 aromatic rings. The Labute approximate surface area is 97.2 Å². The van der Waals surface area contributed by atoms with Gasteiger partial charge in [-0.25, -0.2) is 0 Å². The summed E-state index contributed by atoms with van der Waals surface area (Å²) in [6.07, 6.45) is 9.75. The molecule has 16 heavy (non-hydrogen) atoms. The number of Topliss-reactive ketones (excluding diaryl/α,β-unsaturated/α-hetero) is 1. The normalized spacial score (nSPS) is 25.5. The van der Waals surface area contributed by atoms with E-state index in [0.29, 0.717) is 12.8 Å². The third kappa shape index (κ3) is 4.77. The molecule has 92 valence electrons. The van der Waals surface area contributed by atoms with Crippen molar-refractivity contribution in [3.63, 3.8) is 0 Å². The second-order valence-electron chi connectivity index (χ2n) is 4.72. The predicted octanol–water partition coefficient (Wildman–Crippen LogP) is 3.17. The third-order valence-electron chi connectivity index (χ3n) is 3.35. The first-order chi connectivity index (χ1) is 7.72. The molecule has 1 rings (SSSR count). The zero-order valence-electron chi connectivity index (χ0n) is 9.91. The van der Waals surface area contributed by atoms with Crippen molar-refractivity contribution in [2.24, 2.45) is 5.92 Å². The van der Waals surface area contributed by atoms with Crippen LogP contribution in [0.1, 0.15) is 64.2 Å². The first-order valence-electron chi connectivity index (χ1n) is 6.47. The van der Waals surface area contributed by atoms with Crippen LogP contribution in [0.3, 0.4) is 0 Å². The molecule has 0 saturated heterocycles. The Balaban J connectivity index is 2.46. The van der Waals surface area contributed by atoms with Crippen molar-refractivity contribution < 1.29 is 14.7 Å². The molecule has 1 fully saturated rings. The monoisotopic (exact) mass is 226 g/mol. The van der Waals surface area contributed by atoms with Crippen LogP contribution >= 0.6 is 0 Å². The molecule has 1 aliphatic carbocycles. The Morgan fingerprint density at radius 3 is 2.00 bits per heavy atom. The molecule has 0 aromatic heterocycles. The number of ketones is 1. The van der Waals surface area contributed by atoms with Gasteiger partial charge in [0.25, 0.3) is 0 Å². The van der Waals surface area contributed by atoms with Gasteiger partial charge in [0.2, 0.25) is 0 Å². The molecule has 0 spiro atoms. The maximum absolute atomic E-state index is 11.7. The van der Waals surface area contributed by atoms with Gasteiger partial charge in [-0.3, -0.25) is 9.59 Å². The van der Waals surface area contributed by atoms with Crippen LogP contribution in [0, 0.1) is 5.92 Å². The van der Waals surface area contributed by atoms with E-state index in [4.69, 9.17) is 5.11 Å². The average Bonchev–Trinajstić information content (AvgIpc) is 2.22. The predicted molar refractivity (Wildman–Crippen MR) is 62.3 cm³/mol. The van der Waals surface area contributed by atoms with E-state index in [1.54, 1.807) is 0 Å². The van der Waals surface area contributed by atoms with Crippen LogP contribution in [-0.4, -0.2) is 16.9 Å². The summed E-state index contributed by atoms with van der Waals surface area (Å²) in [4.78, 5) is 22.7. The van der Waals surface area contributed by atoms with E-state index in [1.807, 2.05) is 0 Å². The summed E-state index contributed by atoms with van der Waals surface area (Å²) in [5.41, 5.74) is 0. The van der Waals surface area contributed by atoms with Gasteiger partial charge in [-0.15, -0.1) is 0 Å². The summed E-state index contributed by atoms with van der Waals surface area (Å²) < 4.78 is 0. The van der Waals surface area contributed by atoms with Crippen LogP contribution in [0.2, 0.25) is 0 Å². The second-order valence-corrected chi connectivity index (χ2v) is 4.72.